The van der Waals surface area contributed by atoms with Crippen molar-refractivity contribution in [3.63, 3.8) is 0 Å². The highest BCUT2D eigenvalue weighted by atomic mass is 32.1. The van der Waals surface area contributed by atoms with Gasteiger partial charge in [0.1, 0.15) is 0 Å². The van der Waals surface area contributed by atoms with Crippen LogP contribution < -0.4 is 0 Å². The first kappa shape index (κ1) is 27.0. The van der Waals surface area contributed by atoms with Gasteiger partial charge in [0.05, 0.1) is 11.0 Å². The topological polar surface area (TPSA) is 43.6 Å². The van der Waals surface area contributed by atoms with Crippen molar-refractivity contribution in [1.82, 2.24) is 19.5 Å². The fraction of sp³-hybridized carbons (Fsp3) is 0. The zero-order chi connectivity index (χ0) is 31.6. The molecule has 0 radical (unpaired) electrons. The van der Waals surface area contributed by atoms with E-state index in [-0.39, 0.29) is 0 Å². The number of benzene rings is 7. The summed E-state index contributed by atoms with van der Waals surface area (Å²) in [5, 5.41) is 7.17. The van der Waals surface area contributed by atoms with E-state index in [9.17, 15) is 0 Å². The van der Waals surface area contributed by atoms with Gasteiger partial charge in [0, 0.05) is 42.1 Å². The average molecular weight is 631 g/mol. The summed E-state index contributed by atoms with van der Waals surface area (Å²) in [6.07, 6.45) is 0. The van der Waals surface area contributed by atoms with Gasteiger partial charge in [-0.25, -0.2) is 4.98 Å². The van der Waals surface area contributed by atoms with Gasteiger partial charge in [0.25, 0.3) is 0 Å². The van der Waals surface area contributed by atoms with Crippen LogP contribution >= 0.6 is 11.3 Å². The fourth-order valence-corrected chi connectivity index (χ4v) is 8.30. The second-order valence-corrected chi connectivity index (χ2v) is 13.1. The van der Waals surface area contributed by atoms with Crippen LogP contribution in [0, 0.1) is 0 Å². The minimum absolute atomic E-state index is 0.593. The van der Waals surface area contributed by atoms with Crippen LogP contribution in [0.2, 0.25) is 0 Å². The van der Waals surface area contributed by atoms with Crippen LogP contribution in [0.15, 0.2) is 158 Å². The minimum Gasteiger partial charge on any atom is -0.278 e. The molecule has 0 fully saturated rings. The summed E-state index contributed by atoms with van der Waals surface area (Å²) in [7, 11) is 0. The first-order chi connectivity index (χ1) is 23.8. The summed E-state index contributed by atoms with van der Waals surface area (Å²) in [6, 6.07) is 55.4. The Labute approximate surface area is 280 Å². The van der Waals surface area contributed by atoms with Gasteiger partial charge in [-0.3, -0.25) is 4.57 Å². The predicted octanol–water partition coefficient (Wildman–Crippen LogP) is 11.5. The van der Waals surface area contributed by atoms with Crippen molar-refractivity contribution >= 4 is 64.1 Å². The molecule has 0 N–H and O–H groups in total. The number of fused-ring (bicyclic) bond motifs is 8. The number of nitrogens with zero attached hydrogens (tertiary/aromatic N) is 4. The van der Waals surface area contributed by atoms with Crippen LogP contribution in [0.3, 0.4) is 0 Å². The zero-order valence-electron chi connectivity index (χ0n) is 25.7. The van der Waals surface area contributed by atoms with Crippen LogP contribution in [-0.4, -0.2) is 19.5 Å². The van der Waals surface area contributed by atoms with Gasteiger partial charge in [-0.2, -0.15) is 9.97 Å². The first-order valence-electron chi connectivity index (χ1n) is 16.0. The Morgan fingerprint density at radius 1 is 0.396 bits per heavy atom. The molecule has 10 rings (SSSR count). The largest absolute Gasteiger partial charge is 0.278 e. The molecule has 0 spiro atoms. The lowest BCUT2D eigenvalue weighted by molar-refractivity contribution is 0.955. The van der Waals surface area contributed by atoms with Crippen molar-refractivity contribution in [1.29, 1.82) is 0 Å². The van der Waals surface area contributed by atoms with Crippen LogP contribution in [0.25, 0.3) is 92.6 Å². The lowest BCUT2D eigenvalue weighted by Gasteiger charge is -2.14. The Kier molecular flexibility index (Phi) is 6.01. The molecule has 0 unspecified atom stereocenters. The number of thiophene rings is 1. The van der Waals surface area contributed by atoms with Crippen molar-refractivity contribution in [2.75, 3.05) is 0 Å². The standard InChI is InChI=1S/C43H26N4S/c1-2-13-27(14-3-1)29-16-6-7-18-31(29)41-44-42(34-21-12-24-38-40(34)33-20-9-11-23-37(33)48-38)46-43(45-41)47-35-22-10-8-19-32(35)39-30-17-5-4-15-28(30)25-26-36(39)47/h1-26H. The molecular weight excluding hydrogens is 605 g/mol. The van der Waals surface area contributed by atoms with E-state index in [0.717, 1.165) is 33.3 Å². The zero-order valence-corrected chi connectivity index (χ0v) is 26.5. The Morgan fingerprint density at radius 3 is 1.92 bits per heavy atom. The van der Waals surface area contributed by atoms with E-state index in [0.29, 0.717) is 17.6 Å². The molecule has 0 aliphatic heterocycles. The fourth-order valence-electron chi connectivity index (χ4n) is 7.17. The quantitative estimate of drug-likeness (QED) is 0.194. The molecule has 48 heavy (non-hydrogen) atoms. The van der Waals surface area contributed by atoms with Crippen LogP contribution in [0.1, 0.15) is 0 Å². The maximum Gasteiger partial charge on any atom is 0.238 e. The van der Waals surface area contributed by atoms with Gasteiger partial charge in [-0.15, -0.1) is 11.3 Å². The van der Waals surface area contributed by atoms with Crippen molar-refractivity contribution in [3.8, 4) is 39.9 Å². The maximum atomic E-state index is 5.34. The number of aromatic nitrogens is 4. The summed E-state index contributed by atoms with van der Waals surface area (Å²) in [4.78, 5) is 15.9. The Hall–Kier alpha value is -6.17. The lowest BCUT2D eigenvalue weighted by atomic mass is 9.99. The third-order valence-electron chi connectivity index (χ3n) is 9.28. The molecule has 0 aliphatic carbocycles. The van der Waals surface area contributed by atoms with Crippen LogP contribution in [-0.2, 0) is 0 Å². The summed E-state index contributed by atoms with van der Waals surface area (Å²) < 4.78 is 4.67. The lowest BCUT2D eigenvalue weighted by Crippen LogP contribution is -2.07. The molecule has 0 atom stereocenters. The molecule has 224 valence electrons. The van der Waals surface area contributed by atoms with Gasteiger partial charge in [-0.1, -0.05) is 133 Å². The molecule has 7 aromatic carbocycles. The summed E-state index contributed by atoms with van der Waals surface area (Å²) in [5.41, 5.74) is 6.27. The monoisotopic (exact) mass is 630 g/mol. The van der Waals surface area contributed by atoms with Gasteiger partial charge >= 0.3 is 0 Å². The normalized spacial score (nSPS) is 11.8. The summed E-state index contributed by atoms with van der Waals surface area (Å²) in [6.45, 7) is 0. The molecule has 0 bridgehead atoms. The van der Waals surface area contributed by atoms with Gasteiger partial charge in [-0.05, 0) is 46.2 Å². The summed E-state index contributed by atoms with van der Waals surface area (Å²) in [5.74, 6) is 1.88. The number of para-hydroxylation sites is 1. The van der Waals surface area contributed by atoms with E-state index in [1.807, 2.05) is 6.07 Å². The van der Waals surface area contributed by atoms with Crippen molar-refractivity contribution in [3.05, 3.63) is 158 Å². The average Bonchev–Trinajstić information content (AvgIpc) is 3.71. The third-order valence-corrected chi connectivity index (χ3v) is 10.4. The van der Waals surface area contributed by atoms with Gasteiger partial charge in [0.2, 0.25) is 5.95 Å². The van der Waals surface area contributed by atoms with Gasteiger partial charge < -0.3 is 0 Å². The Morgan fingerprint density at radius 2 is 1.04 bits per heavy atom. The summed E-state index contributed by atoms with van der Waals surface area (Å²) >= 11 is 1.80. The first-order valence-corrected chi connectivity index (χ1v) is 16.9. The molecule has 3 heterocycles. The van der Waals surface area contributed by atoms with Crippen molar-refractivity contribution < 1.29 is 0 Å². The van der Waals surface area contributed by atoms with Gasteiger partial charge in [0.15, 0.2) is 11.6 Å². The van der Waals surface area contributed by atoms with E-state index in [1.54, 1.807) is 11.3 Å². The molecule has 3 aromatic heterocycles. The smallest absolute Gasteiger partial charge is 0.238 e. The van der Waals surface area contributed by atoms with E-state index >= 15 is 0 Å². The third kappa shape index (κ3) is 4.11. The van der Waals surface area contributed by atoms with E-state index in [1.165, 1.54) is 41.7 Å². The highest BCUT2D eigenvalue weighted by Gasteiger charge is 2.21. The predicted molar refractivity (Wildman–Crippen MR) is 201 cm³/mol. The number of rotatable bonds is 4. The Balaban J connectivity index is 1.33. The van der Waals surface area contributed by atoms with E-state index in [2.05, 4.69) is 156 Å². The minimum atomic E-state index is 0.593. The molecule has 5 heteroatoms. The van der Waals surface area contributed by atoms with E-state index in [4.69, 9.17) is 15.0 Å². The molecule has 10 aromatic rings. The molecule has 0 aliphatic rings. The SMILES string of the molecule is c1ccc(-c2ccccc2-c2nc(-c3cccc4sc5ccccc5c34)nc(-n3c4ccccc4c4c5ccccc5ccc43)n2)cc1. The second kappa shape index (κ2) is 10.7. The van der Waals surface area contributed by atoms with E-state index < -0.39 is 0 Å². The highest BCUT2D eigenvalue weighted by Crippen LogP contribution is 2.41. The van der Waals surface area contributed by atoms with Crippen molar-refractivity contribution in [2.45, 2.75) is 0 Å². The highest BCUT2D eigenvalue weighted by molar-refractivity contribution is 7.25. The maximum absolute atomic E-state index is 5.34. The van der Waals surface area contributed by atoms with Crippen LogP contribution in [0.4, 0.5) is 0 Å². The Bertz CT molecular complexity index is 2850. The molecule has 0 saturated carbocycles. The van der Waals surface area contributed by atoms with Crippen LogP contribution in [0.5, 0.6) is 0 Å². The molecular formula is C43H26N4S. The number of hydrogen-bond acceptors (Lipinski definition) is 4. The molecule has 0 saturated heterocycles. The molecule has 0 amide bonds. The number of hydrogen-bond donors (Lipinski definition) is 0. The second-order valence-electron chi connectivity index (χ2n) is 12.0. The molecule has 4 nitrogen and oxygen atoms in total. The van der Waals surface area contributed by atoms with Crippen molar-refractivity contribution in [2.24, 2.45) is 0 Å².